The Labute approximate surface area is 96.7 Å². The Kier molecular flexibility index (Phi) is 6.72. The maximum atomic E-state index is 8.50. The van der Waals surface area contributed by atoms with Crippen molar-refractivity contribution in [3.8, 4) is 0 Å². The van der Waals surface area contributed by atoms with Crippen molar-refractivity contribution in [1.29, 1.82) is 0 Å². The molecule has 16 heavy (non-hydrogen) atoms. The van der Waals surface area contributed by atoms with E-state index in [-0.39, 0.29) is 6.61 Å². The molecular weight excluding hydrogens is 204 g/mol. The molecule has 90 valence electrons. The van der Waals surface area contributed by atoms with Gasteiger partial charge >= 0.3 is 0 Å². The second-order valence-corrected chi connectivity index (χ2v) is 3.67. The summed E-state index contributed by atoms with van der Waals surface area (Å²) in [6.45, 7) is 5.08. The molecular formula is C12H20N2O2. The fourth-order valence-electron chi connectivity index (χ4n) is 1.37. The molecule has 0 fully saturated rings. The second kappa shape index (κ2) is 8.21. The van der Waals surface area contributed by atoms with Crippen molar-refractivity contribution in [1.82, 2.24) is 10.3 Å². The van der Waals surface area contributed by atoms with Crippen molar-refractivity contribution in [2.75, 3.05) is 26.4 Å². The van der Waals surface area contributed by atoms with Gasteiger partial charge in [-0.1, -0.05) is 0 Å². The fourth-order valence-corrected chi connectivity index (χ4v) is 1.37. The van der Waals surface area contributed by atoms with Crippen LogP contribution in [0.1, 0.15) is 17.5 Å². The summed E-state index contributed by atoms with van der Waals surface area (Å²) in [6, 6.07) is 2.02. The minimum atomic E-state index is 0.0995. The van der Waals surface area contributed by atoms with Crippen LogP contribution in [0, 0.1) is 6.92 Å². The summed E-state index contributed by atoms with van der Waals surface area (Å²) in [6.07, 6.45) is 4.66. The van der Waals surface area contributed by atoms with Crippen LogP contribution in [0.5, 0.6) is 0 Å². The lowest BCUT2D eigenvalue weighted by Gasteiger charge is -2.07. The Balaban J connectivity index is 2.05. The van der Waals surface area contributed by atoms with E-state index >= 15 is 0 Å². The number of nitrogens with one attached hydrogen (secondary N) is 1. The summed E-state index contributed by atoms with van der Waals surface area (Å²) < 4.78 is 5.16. The molecule has 0 atom stereocenters. The lowest BCUT2D eigenvalue weighted by atomic mass is 10.1. The van der Waals surface area contributed by atoms with Crippen molar-refractivity contribution < 1.29 is 9.84 Å². The fraction of sp³-hybridized carbons (Fsp3) is 0.583. The maximum absolute atomic E-state index is 8.50. The van der Waals surface area contributed by atoms with Crippen LogP contribution in [-0.4, -0.2) is 36.5 Å². The molecule has 0 aliphatic heterocycles. The van der Waals surface area contributed by atoms with Crippen LogP contribution in [0.4, 0.5) is 0 Å². The first-order chi connectivity index (χ1) is 7.84. The minimum absolute atomic E-state index is 0.0995. The minimum Gasteiger partial charge on any atom is -0.394 e. The molecule has 4 nitrogen and oxygen atoms in total. The Morgan fingerprint density at radius 3 is 3.06 bits per heavy atom. The van der Waals surface area contributed by atoms with E-state index in [9.17, 15) is 0 Å². The Morgan fingerprint density at radius 1 is 1.44 bits per heavy atom. The van der Waals surface area contributed by atoms with Gasteiger partial charge in [0, 0.05) is 25.5 Å². The summed E-state index contributed by atoms with van der Waals surface area (Å²) in [5, 5.41) is 11.8. The molecule has 1 aromatic heterocycles. The van der Waals surface area contributed by atoms with Gasteiger partial charge in [0.1, 0.15) is 0 Å². The molecule has 0 spiro atoms. The molecule has 1 heterocycles. The van der Waals surface area contributed by atoms with Crippen LogP contribution >= 0.6 is 0 Å². The number of pyridine rings is 1. The summed E-state index contributed by atoms with van der Waals surface area (Å²) in [5.41, 5.74) is 2.50. The first-order valence-electron chi connectivity index (χ1n) is 5.63. The molecule has 0 radical (unpaired) electrons. The zero-order chi connectivity index (χ0) is 11.6. The quantitative estimate of drug-likeness (QED) is 0.644. The van der Waals surface area contributed by atoms with Crippen LogP contribution in [-0.2, 0) is 11.3 Å². The predicted molar refractivity (Wildman–Crippen MR) is 63.2 cm³/mol. The molecule has 0 aliphatic rings. The first-order valence-corrected chi connectivity index (χ1v) is 5.63. The SMILES string of the molecule is Cc1ccncc1CNCCCOCCO. The van der Waals surface area contributed by atoms with Crippen molar-refractivity contribution in [2.45, 2.75) is 19.9 Å². The third-order valence-corrected chi connectivity index (χ3v) is 2.34. The van der Waals surface area contributed by atoms with Gasteiger partial charge in [-0.15, -0.1) is 0 Å². The van der Waals surface area contributed by atoms with Crippen LogP contribution in [0.2, 0.25) is 0 Å². The molecule has 0 aromatic carbocycles. The number of aliphatic hydroxyl groups is 1. The van der Waals surface area contributed by atoms with Gasteiger partial charge in [0.2, 0.25) is 0 Å². The monoisotopic (exact) mass is 224 g/mol. The van der Waals surface area contributed by atoms with Crippen molar-refractivity contribution in [3.63, 3.8) is 0 Å². The predicted octanol–water partition coefficient (Wildman–Crippen LogP) is 0.879. The van der Waals surface area contributed by atoms with E-state index in [0.29, 0.717) is 13.2 Å². The van der Waals surface area contributed by atoms with Crippen LogP contribution in [0.3, 0.4) is 0 Å². The van der Waals surface area contributed by atoms with Gasteiger partial charge in [-0.3, -0.25) is 4.98 Å². The molecule has 1 aromatic rings. The molecule has 4 heteroatoms. The number of rotatable bonds is 8. The number of hydrogen-bond donors (Lipinski definition) is 2. The van der Waals surface area contributed by atoms with Crippen molar-refractivity contribution in [2.24, 2.45) is 0 Å². The third kappa shape index (κ3) is 5.21. The largest absolute Gasteiger partial charge is 0.394 e. The van der Waals surface area contributed by atoms with E-state index in [1.54, 1.807) is 0 Å². The average Bonchev–Trinajstić information content (AvgIpc) is 2.30. The molecule has 1 rings (SSSR count). The van der Waals surface area contributed by atoms with E-state index < -0.39 is 0 Å². The summed E-state index contributed by atoms with van der Waals surface area (Å²) in [5.74, 6) is 0. The molecule has 0 bridgehead atoms. The van der Waals surface area contributed by atoms with Crippen LogP contribution < -0.4 is 5.32 Å². The molecule has 0 amide bonds. The van der Waals surface area contributed by atoms with E-state index in [4.69, 9.17) is 9.84 Å². The van der Waals surface area contributed by atoms with E-state index in [0.717, 1.165) is 19.5 Å². The van der Waals surface area contributed by atoms with Crippen molar-refractivity contribution >= 4 is 0 Å². The van der Waals surface area contributed by atoms with Gasteiger partial charge < -0.3 is 15.2 Å². The normalized spacial score (nSPS) is 10.6. The lowest BCUT2D eigenvalue weighted by molar-refractivity contribution is 0.0907. The second-order valence-electron chi connectivity index (χ2n) is 3.67. The molecule has 0 saturated carbocycles. The zero-order valence-corrected chi connectivity index (χ0v) is 9.78. The standard InChI is InChI=1S/C12H20N2O2/c1-11-3-5-14-10-12(11)9-13-4-2-7-16-8-6-15/h3,5,10,13,15H,2,4,6-9H2,1H3. The lowest BCUT2D eigenvalue weighted by Crippen LogP contribution is -2.17. The zero-order valence-electron chi connectivity index (χ0n) is 9.78. The average molecular weight is 224 g/mol. The number of ether oxygens (including phenoxy) is 1. The van der Waals surface area contributed by atoms with Gasteiger partial charge in [0.15, 0.2) is 0 Å². The molecule has 0 saturated heterocycles. The van der Waals surface area contributed by atoms with E-state index in [2.05, 4.69) is 17.2 Å². The van der Waals surface area contributed by atoms with Gasteiger partial charge in [0.25, 0.3) is 0 Å². The van der Waals surface area contributed by atoms with Gasteiger partial charge in [-0.25, -0.2) is 0 Å². The highest BCUT2D eigenvalue weighted by Gasteiger charge is 1.96. The third-order valence-electron chi connectivity index (χ3n) is 2.34. The highest BCUT2D eigenvalue weighted by atomic mass is 16.5. The van der Waals surface area contributed by atoms with Gasteiger partial charge in [-0.2, -0.15) is 0 Å². The number of aryl methyl sites for hydroxylation is 1. The maximum Gasteiger partial charge on any atom is 0.0697 e. The van der Waals surface area contributed by atoms with Crippen LogP contribution in [0.15, 0.2) is 18.5 Å². The molecule has 0 aliphatic carbocycles. The Hall–Kier alpha value is -0.970. The van der Waals surface area contributed by atoms with Gasteiger partial charge in [0.05, 0.1) is 13.2 Å². The summed E-state index contributed by atoms with van der Waals surface area (Å²) in [4.78, 5) is 4.09. The number of aromatic nitrogens is 1. The summed E-state index contributed by atoms with van der Waals surface area (Å²) >= 11 is 0. The smallest absolute Gasteiger partial charge is 0.0697 e. The topological polar surface area (TPSA) is 54.4 Å². The number of hydrogen-bond acceptors (Lipinski definition) is 4. The number of nitrogens with zero attached hydrogens (tertiary/aromatic N) is 1. The van der Waals surface area contributed by atoms with E-state index in [1.165, 1.54) is 11.1 Å². The first kappa shape index (κ1) is 13.1. The molecule has 0 unspecified atom stereocenters. The summed E-state index contributed by atoms with van der Waals surface area (Å²) in [7, 11) is 0. The molecule has 2 N–H and O–H groups in total. The van der Waals surface area contributed by atoms with Crippen LogP contribution in [0.25, 0.3) is 0 Å². The van der Waals surface area contributed by atoms with E-state index in [1.807, 2.05) is 18.5 Å². The highest BCUT2D eigenvalue weighted by molar-refractivity contribution is 5.20. The van der Waals surface area contributed by atoms with Crippen molar-refractivity contribution in [3.05, 3.63) is 29.6 Å². The number of aliphatic hydroxyl groups excluding tert-OH is 1. The highest BCUT2D eigenvalue weighted by Crippen LogP contribution is 2.03. The van der Waals surface area contributed by atoms with Gasteiger partial charge in [-0.05, 0) is 37.1 Å². The Bertz CT molecular complexity index is 292. The Morgan fingerprint density at radius 2 is 2.31 bits per heavy atom.